The first-order chi connectivity index (χ1) is 15.5. The van der Waals surface area contributed by atoms with Crippen molar-refractivity contribution in [3.63, 3.8) is 0 Å². The van der Waals surface area contributed by atoms with Crippen LogP contribution in [-0.4, -0.2) is 69.3 Å². The number of nitrogens with zero attached hydrogens (tertiary/aromatic N) is 4. The standard InChI is InChI=1S/C25H30N4O3/c1-18-4-6-19(7-5-18)23(30)26-13-8-20(9-14-26)24(31)27-15-10-21(11-16-27)29-17-22-3-2-12-28(22)25(29)32/h2-7,12,20-21H,8-11,13-17H2,1H3. The van der Waals surface area contributed by atoms with Gasteiger partial charge < -0.3 is 14.7 Å². The number of fused-ring (bicyclic) bond motifs is 1. The smallest absolute Gasteiger partial charge is 0.329 e. The highest BCUT2D eigenvalue weighted by atomic mass is 16.2. The Kier molecular flexibility index (Phi) is 5.49. The van der Waals surface area contributed by atoms with E-state index in [1.807, 2.05) is 64.2 Å². The minimum absolute atomic E-state index is 0.0113. The second kappa shape index (κ2) is 8.45. The summed E-state index contributed by atoms with van der Waals surface area (Å²) in [7, 11) is 0. The van der Waals surface area contributed by atoms with Crippen molar-refractivity contribution in [2.24, 2.45) is 5.92 Å². The number of aromatic nitrogens is 1. The van der Waals surface area contributed by atoms with Crippen molar-refractivity contribution < 1.29 is 14.4 Å². The second-order valence-electron chi connectivity index (χ2n) is 9.27. The topological polar surface area (TPSA) is 65.9 Å². The summed E-state index contributed by atoms with van der Waals surface area (Å²) in [5, 5.41) is 0. The fourth-order valence-corrected chi connectivity index (χ4v) is 5.26. The van der Waals surface area contributed by atoms with Gasteiger partial charge in [-0.1, -0.05) is 17.7 Å². The van der Waals surface area contributed by atoms with E-state index in [0.29, 0.717) is 38.3 Å². The van der Waals surface area contributed by atoms with E-state index in [2.05, 4.69) is 0 Å². The molecule has 3 aliphatic heterocycles. The molecule has 3 aliphatic rings. The second-order valence-corrected chi connectivity index (χ2v) is 9.27. The fourth-order valence-electron chi connectivity index (χ4n) is 5.26. The molecule has 3 amide bonds. The first-order valence-corrected chi connectivity index (χ1v) is 11.6. The molecule has 1 aromatic heterocycles. The molecule has 0 unspecified atom stereocenters. The molecule has 2 fully saturated rings. The maximum Gasteiger partial charge on any atom is 0.329 e. The van der Waals surface area contributed by atoms with Crippen LogP contribution < -0.4 is 0 Å². The van der Waals surface area contributed by atoms with E-state index < -0.39 is 0 Å². The monoisotopic (exact) mass is 434 g/mol. The van der Waals surface area contributed by atoms with Crippen LogP contribution in [0.25, 0.3) is 0 Å². The van der Waals surface area contributed by atoms with E-state index in [-0.39, 0.29) is 29.8 Å². The van der Waals surface area contributed by atoms with Gasteiger partial charge >= 0.3 is 6.03 Å². The molecule has 0 atom stereocenters. The lowest BCUT2D eigenvalue weighted by Gasteiger charge is -2.39. The lowest BCUT2D eigenvalue weighted by atomic mass is 9.93. The van der Waals surface area contributed by atoms with Gasteiger partial charge in [0, 0.05) is 55.6 Å². The molecule has 4 heterocycles. The predicted molar refractivity (Wildman–Crippen MR) is 120 cm³/mol. The molecule has 0 N–H and O–H groups in total. The van der Waals surface area contributed by atoms with Crippen molar-refractivity contribution in [1.82, 2.24) is 19.3 Å². The summed E-state index contributed by atoms with van der Waals surface area (Å²) in [6.45, 7) is 5.32. The first kappa shape index (κ1) is 20.8. The third-order valence-corrected chi connectivity index (χ3v) is 7.26. The predicted octanol–water partition coefficient (Wildman–Crippen LogP) is 3.12. The molecule has 0 spiro atoms. The molecular weight excluding hydrogens is 404 g/mol. The van der Waals surface area contributed by atoms with Gasteiger partial charge in [-0.15, -0.1) is 0 Å². The number of hydrogen-bond acceptors (Lipinski definition) is 3. The van der Waals surface area contributed by atoms with Crippen molar-refractivity contribution in [2.75, 3.05) is 26.2 Å². The number of benzene rings is 1. The Hall–Kier alpha value is -3.09. The van der Waals surface area contributed by atoms with Gasteiger partial charge in [-0.3, -0.25) is 14.2 Å². The summed E-state index contributed by atoms with van der Waals surface area (Å²) in [5.41, 5.74) is 2.89. The third kappa shape index (κ3) is 3.80. The molecule has 1 aromatic carbocycles. The quantitative estimate of drug-likeness (QED) is 0.746. The number of amides is 3. The lowest BCUT2D eigenvalue weighted by Crippen LogP contribution is -2.50. The van der Waals surface area contributed by atoms with E-state index in [1.165, 1.54) is 0 Å². The average molecular weight is 435 g/mol. The number of carbonyl (C=O) groups excluding carboxylic acids is 3. The minimum Gasteiger partial charge on any atom is -0.342 e. The van der Waals surface area contributed by atoms with Gasteiger partial charge in [0.05, 0.1) is 6.54 Å². The number of rotatable bonds is 3. The van der Waals surface area contributed by atoms with Gasteiger partial charge in [-0.25, -0.2) is 4.79 Å². The normalized spacial score (nSPS) is 20.0. The van der Waals surface area contributed by atoms with Gasteiger partial charge in [-0.2, -0.15) is 0 Å². The summed E-state index contributed by atoms with van der Waals surface area (Å²) in [6.07, 6.45) is 4.92. The minimum atomic E-state index is -0.0113. The van der Waals surface area contributed by atoms with Crippen LogP contribution in [0.3, 0.4) is 0 Å². The van der Waals surface area contributed by atoms with E-state index in [0.717, 1.165) is 36.9 Å². The fraction of sp³-hybridized carbons (Fsp3) is 0.480. The first-order valence-electron chi connectivity index (χ1n) is 11.6. The maximum atomic E-state index is 13.1. The van der Waals surface area contributed by atoms with Crippen molar-refractivity contribution in [3.05, 3.63) is 59.4 Å². The van der Waals surface area contributed by atoms with E-state index in [4.69, 9.17) is 0 Å². The van der Waals surface area contributed by atoms with Crippen LogP contribution in [-0.2, 0) is 11.3 Å². The molecule has 0 bridgehead atoms. The molecule has 0 saturated carbocycles. The summed E-state index contributed by atoms with van der Waals surface area (Å²) < 4.78 is 1.73. The number of likely N-dealkylation sites (tertiary alicyclic amines) is 2. The zero-order chi connectivity index (χ0) is 22.2. The highest BCUT2D eigenvalue weighted by Gasteiger charge is 2.37. The lowest BCUT2D eigenvalue weighted by molar-refractivity contribution is -0.138. The third-order valence-electron chi connectivity index (χ3n) is 7.26. The number of aryl methyl sites for hydroxylation is 1. The average Bonchev–Trinajstić information content (AvgIpc) is 3.42. The van der Waals surface area contributed by atoms with Crippen LogP contribution in [0.1, 0.15) is 47.3 Å². The summed E-state index contributed by atoms with van der Waals surface area (Å²) >= 11 is 0. The van der Waals surface area contributed by atoms with Crippen molar-refractivity contribution >= 4 is 17.8 Å². The summed E-state index contributed by atoms with van der Waals surface area (Å²) in [5.74, 6) is 0.255. The maximum absolute atomic E-state index is 13.1. The van der Waals surface area contributed by atoms with Crippen LogP contribution in [0, 0.1) is 12.8 Å². The highest BCUT2D eigenvalue weighted by molar-refractivity contribution is 5.94. The molecule has 7 nitrogen and oxygen atoms in total. The molecule has 7 heteroatoms. The van der Waals surface area contributed by atoms with E-state index in [1.54, 1.807) is 4.57 Å². The number of hydrogen-bond donors (Lipinski definition) is 0. The number of piperidine rings is 2. The molecule has 2 saturated heterocycles. The Morgan fingerprint density at radius 2 is 1.53 bits per heavy atom. The van der Waals surface area contributed by atoms with Crippen LogP contribution in [0.2, 0.25) is 0 Å². The highest BCUT2D eigenvalue weighted by Crippen LogP contribution is 2.27. The molecule has 168 valence electrons. The Morgan fingerprint density at radius 3 is 2.19 bits per heavy atom. The molecular formula is C25H30N4O3. The van der Waals surface area contributed by atoms with Crippen molar-refractivity contribution in [2.45, 2.75) is 45.2 Å². The van der Waals surface area contributed by atoms with E-state index >= 15 is 0 Å². The van der Waals surface area contributed by atoms with Crippen LogP contribution in [0.15, 0.2) is 42.6 Å². The van der Waals surface area contributed by atoms with Gasteiger partial charge in [0.15, 0.2) is 0 Å². The van der Waals surface area contributed by atoms with Gasteiger partial charge in [0.1, 0.15) is 0 Å². The Balaban J connectivity index is 1.11. The molecule has 2 aromatic rings. The SMILES string of the molecule is Cc1ccc(C(=O)N2CCC(C(=O)N3CCC(N4Cc5cccn5C4=O)CC3)CC2)cc1. The van der Waals surface area contributed by atoms with Crippen LogP contribution in [0.4, 0.5) is 4.79 Å². The summed E-state index contributed by atoms with van der Waals surface area (Å²) in [6, 6.07) is 11.8. The van der Waals surface area contributed by atoms with Gasteiger partial charge in [-0.05, 0) is 56.9 Å². The summed E-state index contributed by atoms with van der Waals surface area (Å²) in [4.78, 5) is 44.2. The zero-order valence-corrected chi connectivity index (χ0v) is 18.6. The van der Waals surface area contributed by atoms with E-state index in [9.17, 15) is 14.4 Å². The molecule has 5 rings (SSSR count). The van der Waals surface area contributed by atoms with Crippen molar-refractivity contribution in [3.8, 4) is 0 Å². The number of carbonyl (C=O) groups is 3. The Labute approximate surface area is 188 Å². The van der Waals surface area contributed by atoms with Gasteiger partial charge in [0.2, 0.25) is 5.91 Å². The molecule has 32 heavy (non-hydrogen) atoms. The Bertz CT molecular complexity index is 1010. The van der Waals surface area contributed by atoms with Gasteiger partial charge in [0.25, 0.3) is 5.91 Å². The zero-order valence-electron chi connectivity index (χ0n) is 18.6. The van der Waals surface area contributed by atoms with Crippen LogP contribution >= 0.6 is 0 Å². The molecule has 0 aliphatic carbocycles. The molecule has 0 radical (unpaired) electrons. The Morgan fingerprint density at radius 1 is 0.875 bits per heavy atom. The van der Waals surface area contributed by atoms with Crippen LogP contribution in [0.5, 0.6) is 0 Å². The van der Waals surface area contributed by atoms with Crippen molar-refractivity contribution in [1.29, 1.82) is 0 Å². The largest absolute Gasteiger partial charge is 0.342 e.